The second kappa shape index (κ2) is 15.8. The minimum absolute atomic E-state index is 0.0958. The predicted molar refractivity (Wildman–Crippen MR) is 206 cm³/mol. The lowest BCUT2D eigenvalue weighted by Crippen LogP contribution is -2.41. The van der Waals surface area contributed by atoms with E-state index in [2.05, 4.69) is 20.4 Å². The number of nitrogens with zero attached hydrogens (tertiary/aromatic N) is 8. The van der Waals surface area contributed by atoms with E-state index in [1.54, 1.807) is 71.3 Å². The lowest BCUT2D eigenvalue weighted by Gasteiger charge is -2.28. The van der Waals surface area contributed by atoms with Gasteiger partial charge in [-0.1, -0.05) is 40.9 Å². The van der Waals surface area contributed by atoms with E-state index in [1.807, 2.05) is 38.4 Å². The predicted octanol–water partition coefficient (Wildman–Crippen LogP) is 5.36. The van der Waals surface area contributed by atoms with Gasteiger partial charge in [0.15, 0.2) is 11.6 Å². The molecule has 0 bridgehead atoms. The zero-order valence-electron chi connectivity index (χ0n) is 30.4. The summed E-state index contributed by atoms with van der Waals surface area (Å²) in [5.74, 6) is 1.40. The van der Waals surface area contributed by atoms with Gasteiger partial charge in [0.1, 0.15) is 29.9 Å². The minimum Gasteiger partial charge on any atom is -0.497 e. The maximum Gasteiger partial charge on any atom is 0.368 e. The van der Waals surface area contributed by atoms with Gasteiger partial charge < -0.3 is 29.4 Å². The highest BCUT2D eigenvalue weighted by Gasteiger charge is 2.28. The maximum atomic E-state index is 14.5. The molecule has 1 aliphatic heterocycles. The average molecular weight is 753 g/mol. The van der Waals surface area contributed by atoms with E-state index in [4.69, 9.17) is 26.1 Å². The molecule has 54 heavy (non-hydrogen) atoms. The van der Waals surface area contributed by atoms with E-state index in [0.717, 1.165) is 11.1 Å². The lowest BCUT2D eigenvalue weighted by molar-refractivity contribution is -0.880. The lowest BCUT2D eigenvalue weighted by atomic mass is 10.0. The number of likely N-dealkylation sites (N-methyl/N-ethyl adjacent to an activating group) is 1. The molecule has 0 spiro atoms. The van der Waals surface area contributed by atoms with Gasteiger partial charge >= 0.3 is 5.82 Å². The number of halogens is 1. The molecule has 0 radical (unpaired) electrons. The Kier molecular flexibility index (Phi) is 11.0. The number of methoxy groups -OCH3 is 2. The number of fused-ring (bicyclic) bond motifs is 1. The highest BCUT2D eigenvalue weighted by molar-refractivity contribution is 6.35. The van der Waals surface area contributed by atoms with Crippen molar-refractivity contribution >= 4 is 46.4 Å². The smallest absolute Gasteiger partial charge is 0.368 e. The van der Waals surface area contributed by atoms with Gasteiger partial charge in [-0.15, -0.1) is 0 Å². The first-order chi connectivity index (χ1) is 25.8. The number of anilines is 2. The molecular formula is C38H39ClN9O6+. The largest absolute Gasteiger partial charge is 0.497 e. The third-order valence-corrected chi connectivity index (χ3v) is 9.20. The number of carbonyl (C=O) groups excluding carboxylic acids is 1. The van der Waals surface area contributed by atoms with Crippen molar-refractivity contribution < 1.29 is 23.7 Å². The number of nitro groups is 1. The first-order valence-corrected chi connectivity index (χ1v) is 17.3. The van der Waals surface area contributed by atoms with Crippen LogP contribution in [0.2, 0.25) is 5.02 Å². The molecule has 0 unspecified atom stereocenters. The number of hydrogen-bond acceptors (Lipinski definition) is 11. The number of pyridine rings is 1. The molecule has 5 aromatic rings. The Morgan fingerprint density at radius 3 is 2.63 bits per heavy atom. The van der Waals surface area contributed by atoms with E-state index in [-0.39, 0.29) is 41.1 Å². The van der Waals surface area contributed by atoms with Crippen LogP contribution in [0.1, 0.15) is 17.5 Å². The standard InChI is InChI=1S/C38H38ClN9O6/c1-45-14-12-33(44-45)42-38-41-21-27-18-31(30-19-29(53-4)20-32(54-5)34(30)39)37(50)46(36(27)43-38)22-25-9-6-8-24(16-25)17-28(49)10-7-15-48(2,3)23-26-11-13-40-35(26)47(51)52/h6-10,12-14,16,18-21H,11,15,17,22-23H2,1-5H3/p+1/b10-7+. The van der Waals surface area contributed by atoms with E-state index < -0.39 is 4.92 Å². The van der Waals surface area contributed by atoms with Gasteiger partial charge in [-0.2, -0.15) is 10.1 Å². The number of aromatic nitrogens is 5. The molecule has 4 heterocycles. The molecule has 16 heteroatoms. The number of ether oxygens (including phenoxy) is 2. The second-order valence-corrected chi connectivity index (χ2v) is 13.8. The third-order valence-electron chi connectivity index (χ3n) is 8.81. The third kappa shape index (κ3) is 8.54. The number of quaternary nitrogens is 1. The van der Waals surface area contributed by atoms with E-state index in [0.29, 0.717) is 69.0 Å². The van der Waals surface area contributed by atoms with E-state index in [1.165, 1.54) is 14.2 Å². The van der Waals surface area contributed by atoms with Crippen LogP contribution in [0.4, 0.5) is 11.8 Å². The molecule has 0 atom stereocenters. The number of ketones is 1. The summed E-state index contributed by atoms with van der Waals surface area (Å²) in [5, 5.41) is 19.6. The fourth-order valence-corrected chi connectivity index (χ4v) is 6.55. The topological polar surface area (TPSA) is 169 Å². The second-order valence-electron chi connectivity index (χ2n) is 13.5. The highest BCUT2D eigenvalue weighted by Crippen LogP contribution is 2.38. The number of rotatable bonds is 15. The molecule has 0 fully saturated rings. The molecule has 15 nitrogen and oxygen atoms in total. The van der Waals surface area contributed by atoms with Crippen molar-refractivity contribution in [2.45, 2.75) is 19.4 Å². The molecule has 278 valence electrons. The van der Waals surface area contributed by atoms with Gasteiger partial charge in [0.25, 0.3) is 5.56 Å². The normalized spacial score (nSPS) is 12.9. The summed E-state index contributed by atoms with van der Waals surface area (Å²) < 4.78 is 14.6. The number of carbonyl (C=O) groups is 1. The highest BCUT2D eigenvalue weighted by atomic mass is 35.5. The van der Waals surface area contributed by atoms with Crippen molar-refractivity contribution in [1.82, 2.24) is 24.3 Å². The van der Waals surface area contributed by atoms with Crippen molar-refractivity contribution in [3.8, 4) is 22.6 Å². The van der Waals surface area contributed by atoms with Crippen LogP contribution in [0.3, 0.4) is 0 Å². The molecule has 2 aromatic carbocycles. The van der Waals surface area contributed by atoms with E-state index >= 15 is 0 Å². The molecule has 1 aliphatic rings. The van der Waals surface area contributed by atoms with Crippen molar-refractivity contribution in [3.63, 3.8) is 0 Å². The number of nitrogens with one attached hydrogen (secondary N) is 1. The number of aliphatic imine (C=N–C) groups is 1. The summed E-state index contributed by atoms with van der Waals surface area (Å²) in [4.78, 5) is 51.5. The van der Waals surface area contributed by atoms with Gasteiger partial charge in [0, 0.05) is 60.9 Å². The molecule has 0 saturated carbocycles. The van der Waals surface area contributed by atoms with Crippen molar-refractivity contribution in [2.24, 2.45) is 12.0 Å². The maximum absolute atomic E-state index is 14.5. The minimum atomic E-state index is -0.457. The molecule has 0 saturated heterocycles. The molecule has 0 amide bonds. The zero-order chi connectivity index (χ0) is 38.6. The van der Waals surface area contributed by atoms with Crippen LogP contribution in [0.5, 0.6) is 11.5 Å². The Balaban J connectivity index is 1.29. The van der Waals surface area contributed by atoms with E-state index in [9.17, 15) is 19.7 Å². The summed E-state index contributed by atoms with van der Waals surface area (Å²) in [6.07, 6.45) is 8.88. The van der Waals surface area contributed by atoms with Gasteiger partial charge in [0.2, 0.25) is 5.95 Å². The molecule has 0 aliphatic carbocycles. The van der Waals surface area contributed by atoms with Crippen molar-refractivity contribution in [2.75, 3.05) is 46.7 Å². The van der Waals surface area contributed by atoms with Crippen LogP contribution >= 0.6 is 11.6 Å². The molecule has 3 aromatic heterocycles. The number of benzene rings is 2. The van der Waals surface area contributed by atoms with Crippen LogP contribution in [0.15, 0.2) is 94.3 Å². The summed E-state index contributed by atoms with van der Waals surface area (Å²) in [6, 6.07) is 14.3. The summed E-state index contributed by atoms with van der Waals surface area (Å²) in [6.45, 7) is 1.06. The van der Waals surface area contributed by atoms with Gasteiger partial charge in [-0.3, -0.25) is 18.8 Å². The number of hydrogen-bond donors (Lipinski definition) is 1. The number of aryl methyl sites for hydroxylation is 1. The zero-order valence-corrected chi connectivity index (χ0v) is 31.2. The average Bonchev–Trinajstić information content (AvgIpc) is 3.77. The molecule has 6 rings (SSSR count). The Labute approximate surface area is 315 Å². The van der Waals surface area contributed by atoms with Crippen LogP contribution in [-0.2, 0) is 24.8 Å². The summed E-state index contributed by atoms with van der Waals surface area (Å²) in [5.41, 5.74) is 2.92. The van der Waals surface area contributed by atoms with Crippen LogP contribution in [0, 0.1) is 10.1 Å². The Hall–Kier alpha value is -6.19. The van der Waals surface area contributed by atoms with Gasteiger partial charge in [-0.25, -0.2) is 4.98 Å². The van der Waals surface area contributed by atoms with Gasteiger partial charge in [-0.05, 0) is 40.3 Å². The van der Waals surface area contributed by atoms with Crippen LogP contribution < -0.4 is 20.3 Å². The number of allylic oxidation sites excluding steroid dienone is 1. The first kappa shape index (κ1) is 37.6. The monoisotopic (exact) mass is 752 g/mol. The van der Waals surface area contributed by atoms with Gasteiger partial charge in [0.05, 0.1) is 52.0 Å². The van der Waals surface area contributed by atoms with Crippen LogP contribution in [0.25, 0.3) is 22.2 Å². The first-order valence-electron chi connectivity index (χ1n) is 16.9. The molecule has 1 N–H and O–H groups in total. The Morgan fingerprint density at radius 1 is 1.11 bits per heavy atom. The molecular weight excluding hydrogens is 714 g/mol. The quantitative estimate of drug-likeness (QED) is 0.0636. The van der Waals surface area contributed by atoms with Crippen LogP contribution in [-0.4, -0.2) is 87.1 Å². The Morgan fingerprint density at radius 2 is 1.91 bits per heavy atom. The summed E-state index contributed by atoms with van der Waals surface area (Å²) >= 11 is 6.76. The SMILES string of the molecule is COc1cc(OC)c(Cl)c(-c2cc3cnc(Nc4ccn(C)n4)nc3n(Cc3cccc(CC(=O)/C=C/C[N+](C)(C)CC4=C([N+](=O)[O-])N=CC4)c3)c2=O)c1. The summed E-state index contributed by atoms with van der Waals surface area (Å²) in [7, 11) is 8.70. The van der Waals surface area contributed by atoms with Crippen molar-refractivity contribution in [3.05, 3.63) is 121 Å². The fraction of sp³-hybridized carbons (Fsp3) is 0.263. The fourth-order valence-electron chi connectivity index (χ4n) is 6.26. The Bertz CT molecular complexity index is 2410. The van der Waals surface area contributed by atoms with Crippen molar-refractivity contribution in [1.29, 1.82) is 0 Å².